The maximum absolute atomic E-state index is 6.25. The molecular formula is C19H23NO. The van der Waals surface area contributed by atoms with Crippen molar-refractivity contribution in [2.45, 2.75) is 44.8 Å². The third kappa shape index (κ3) is 3.27. The normalized spacial score (nSPS) is 19.6. The largest absolute Gasteiger partial charge is 0.486 e. The third-order valence-corrected chi connectivity index (χ3v) is 4.01. The van der Waals surface area contributed by atoms with Gasteiger partial charge in [0.25, 0.3) is 0 Å². The van der Waals surface area contributed by atoms with Gasteiger partial charge in [0.2, 0.25) is 0 Å². The highest BCUT2D eigenvalue weighted by atomic mass is 16.5. The first-order valence-corrected chi connectivity index (χ1v) is 7.83. The van der Waals surface area contributed by atoms with E-state index in [1.807, 2.05) is 6.92 Å². The topological polar surface area (TPSA) is 35.2 Å². The summed E-state index contributed by atoms with van der Waals surface area (Å²) in [5, 5.41) is 2.51. The summed E-state index contributed by atoms with van der Waals surface area (Å²) in [5.41, 5.74) is 7.29. The van der Waals surface area contributed by atoms with Crippen LogP contribution in [0, 0.1) is 0 Å². The summed E-state index contributed by atoms with van der Waals surface area (Å²) in [6, 6.07) is 12.8. The first-order valence-electron chi connectivity index (χ1n) is 7.83. The van der Waals surface area contributed by atoms with Crippen molar-refractivity contribution in [1.29, 1.82) is 0 Å². The van der Waals surface area contributed by atoms with Crippen molar-refractivity contribution < 1.29 is 4.74 Å². The second kappa shape index (κ2) is 6.31. The Bertz CT molecular complexity index is 645. The van der Waals surface area contributed by atoms with Crippen LogP contribution in [0.2, 0.25) is 0 Å². The lowest BCUT2D eigenvalue weighted by Gasteiger charge is -2.22. The zero-order chi connectivity index (χ0) is 14.7. The van der Waals surface area contributed by atoms with Gasteiger partial charge >= 0.3 is 0 Å². The van der Waals surface area contributed by atoms with Gasteiger partial charge < -0.3 is 10.5 Å². The molecule has 0 radical (unpaired) electrons. The van der Waals surface area contributed by atoms with Crippen LogP contribution in [-0.4, -0.2) is 12.1 Å². The highest BCUT2D eigenvalue weighted by molar-refractivity contribution is 5.87. The molecule has 1 aliphatic carbocycles. The highest BCUT2D eigenvalue weighted by Gasteiger charge is 2.15. The fourth-order valence-electron chi connectivity index (χ4n) is 3.00. The highest BCUT2D eigenvalue weighted by Crippen LogP contribution is 2.31. The van der Waals surface area contributed by atoms with Crippen molar-refractivity contribution in [1.82, 2.24) is 0 Å². The van der Waals surface area contributed by atoms with Gasteiger partial charge in [0.15, 0.2) is 0 Å². The van der Waals surface area contributed by atoms with Crippen molar-refractivity contribution in [2.24, 2.45) is 5.73 Å². The Labute approximate surface area is 126 Å². The maximum atomic E-state index is 6.25. The minimum absolute atomic E-state index is 0.125. The molecule has 3 rings (SSSR count). The molecular weight excluding hydrogens is 258 g/mol. The van der Waals surface area contributed by atoms with Gasteiger partial charge in [-0.05, 0) is 55.5 Å². The molecule has 0 aromatic heterocycles. The smallest absolute Gasteiger partial charge is 0.124 e. The maximum Gasteiger partial charge on any atom is 0.124 e. The lowest BCUT2D eigenvalue weighted by atomic mass is 9.98. The molecule has 0 fully saturated rings. The van der Waals surface area contributed by atoms with Gasteiger partial charge in [-0.1, -0.05) is 36.4 Å². The Morgan fingerprint density at radius 2 is 2.10 bits per heavy atom. The molecule has 2 aromatic carbocycles. The molecule has 2 heteroatoms. The summed E-state index contributed by atoms with van der Waals surface area (Å²) in [4.78, 5) is 0. The lowest BCUT2D eigenvalue weighted by Crippen LogP contribution is -2.21. The van der Waals surface area contributed by atoms with Crippen molar-refractivity contribution in [3.63, 3.8) is 0 Å². The van der Waals surface area contributed by atoms with E-state index in [-0.39, 0.29) is 12.1 Å². The van der Waals surface area contributed by atoms with E-state index in [1.165, 1.54) is 29.2 Å². The van der Waals surface area contributed by atoms with Crippen molar-refractivity contribution in [3.8, 4) is 5.75 Å². The second-order valence-electron chi connectivity index (χ2n) is 5.96. The molecule has 21 heavy (non-hydrogen) atoms. The SMILES string of the molecule is CC(N)Cc1c(OC2C=CCCC2)ccc2ccccc12. The third-order valence-electron chi connectivity index (χ3n) is 4.01. The number of hydrogen-bond acceptors (Lipinski definition) is 2. The van der Waals surface area contributed by atoms with Crippen LogP contribution in [0.15, 0.2) is 48.6 Å². The van der Waals surface area contributed by atoms with Gasteiger partial charge in [-0.15, -0.1) is 0 Å². The predicted octanol–water partition coefficient (Wildman–Crippen LogP) is 4.22. The molecule has 110 valence electrons. The summed E-state index contributed by atoms with van der Waals surface area (Å²) < 4.78 is 6.25. The number of hydrogen-bond donors (Lipinski definition) is 1. The van der Waals surface area contributed by atoms with E-state index in [0.29, 0.717) is 0 Å². The quantitative estimate of drug-likeness (QED) is 0.852. The number of allylic oxidation sites excluding steroid dienone is 1. The molecule has 0 bridgehead atoms. The van der Waals surface area contributed by atoms with Crippen LogP contribution in [0.5, 0.6) is 5.75 Å². The predicted molar refractivity (Wildman–Crippen MR) is 88.7 cm³/mol. The lowest BCUT2D eigenvalue weighted by molar-refractivity contribution is 0.228. The van der Waals surface area contributed by atoms with Crippen LogP contribution < -0.4 is 10.5 Å². The fraction of sp³-hybridized carbons (Fsp3) is 0.368. The molecule has 2 nitrogen and oxygen atoms in total. The Balaban J connectivity index is 1.99. The molecule has 2 aromatic rings. The van der Waals surface area contributed by atoms with Crippen LogP contribution in [-0.2, 0) is 6.42 Å². The summed E-state index contributed by atoms with van der Waals surface area (Å²) in [5.74, 6) is 0.988. The minimum atomic E-state index is 0.125. The van der Waals surface area contributed by atoms with Crippen LogP contribution in [0.1, 0.15) is 31.7 Å². The molecule has 0 saturated heterocycles. The molecule has 1 aliphatic rings. The van der Waals surface area contributed by atoms with Crippen molar-refractivity contribution >= 4 is 10.8 Å². The molecule has 2 N–H and O–H groups in total. The van der Waals surface area contributed by atoms with Gasteiger partial charge in [0.1, 0.15) is 11.9 Å². The van der Waals surface area contributed by atoms with Crippen LogP contribution in [0.3, 0.4) is 0 Å². The Morgan fingerprint density at radius 1 is 1.24 bits per heavy atom. The van der Waals surface area contributed by atoms with E-state index < -0.39 is 0 Å². The Morgan fingerprint density at radius 3 is 2.86 bits per heavy atom. The van der Waals surface area contributed by atoms with Gasteiger partial charge in [-0.2, -0.15) is 0 Å². The van der Waals surface area contributed by atoms with E-state index in [9.17, 15) is 0 Å². The van der Waals surface area contributed by atoms with E-state index in [2.05, 4.69) is 48.6 Å². The molecule has 0 aliphatic heterocycles. The molecule has 2 unspecified atom stereocenters. The average molecular weight is 281 g/mol. The number of fused-ring (bicyclic) bond motifs is 1. The number of rotatable bonds is 4. The molecule has 0 heterocycles. The number of ether oxygens (including phenoxy) is 1. The van der Waals surface area contributed by atoms with Crippen molar-refractivity contribution in [3.05, 3.63) is 54.1 Å². The standard InChI is InChI=1S/C19H23NO/c1-14(20)13-18-17-10-6-5-7-15(17)11-12-19(18)21-16-8-3-2-4-9-16/h3,5-8,10-12,14,16H,2,4,9,13,20H2,1H3. The van der Waals surface area contributed by atoms with Crippen LogP contribution in [0.25, 0.3) is 10.8 Å². The van der Waals surface area contributed by atoms with E-state index in [4.69, 9.17) is 10.5 Å². The zero-order valence-electron chi connectivity index (χ0n) is 12.6. The van der Waals surface area contributed by atoms with E-state index >= 15 is 0 Å². The molecule has 0 saturated carbocycles. The van der Waals surface area contributed by atoms with E-state index in [0.717, 1.165) is 18.6 Å². The number of benzene rings is 2. The molecule has 0 spiro atoms. The first-order chi connectivity index (χ1) is 10.2. The monoisotopic (exact) mass is 281 g/mol. The fourth-order valence-corrected chi connectivity index (χ4v) is 3.00. The summed E-state index contributed by atoms with van der Waals surface area (Å²) in [7, 11) is 0. The Hall–Kier alpha value is -1.80. The van der Waals surface area contributed by atoms with Crippen molar-refractivity contribution in [2.75, 3.05) is 0 Å². The van der Waals surface area contributed by atoms with E-state index in [1.54, 1.807) is 0 Å². The molecule has 2 atom stereocenters. The van der Waals surface area contributed by atoms with Crippen LogP contribution in [0.4, 0.5) is 0 Å². The van der Waals surface area contributed by atoms with Gasteiger partial charge in [-0.25, -0.2) is 0 Å². The first kappa shape index (κ1) is 14.2. The van der Waals surface area contributed by atoms with Gasteiger partial charge in [0, 0.05) is 11.6 Å². The Kier molecular flexibility index (Phi) is 4.26. The summed E-state index contributed by atoms with van der Waals surface area (Å²) >= 11 is 0. The summed E-state index contributed by atoms with van der Waals surface area (Å²) in [6.45, 7) is 2.05. The average Bonchev–Trinajstić information content (AvgIpc) is 2.50. The van der Waals surface area contributed by atoms with Gasteiger partial charge in [0.05, 0.1) is 0 Å². The number of nitrogens with two attached hydrogens (primary N) is 1. The van der Waals surface area contributed by atoms with Crippen LogP contribution >= 0.6 is 0 Å². The summed E-state index contributed by atoms with van der Waals surface area (Å²) in [6.07, 6.45) is 8.93. The van der Waals surface area contributed by atoms with Gasteiger partial charge in [-0.3, -0.25) is 0 Å². The zero-order valence-corrected chi connectivity index (χ0v) is 12.6. The minimum Gasteiger partial charge on any atom is -0.486 e. The molecule has 0 amide bonds. The second-order valence-corrected chi connectivity index (χ2v) is 5.96.